The molecule has 0 aliphatic carbocycles. The van der Waals surface area contributed by atoms with Crippen LogP contribution in [0.3, 0.4) is 0 Å². The predicted octanol–water partition coefficient (Wildman–Crippen LogP) is 5.50. The molecular formula is C13H12Br2S. The Balaban J connectivity index is 2.14. The van der Waals surface area contributed by atoms with Crippen LogP contribution in [0, 0.1) is 6.92 Å². The molecule has 0 radical (unpaired) electrons. The molecule has 0 fully saturated rings. The van der Waals surface area contributed by atoms with Gasteiger partial charge in [0.05, 0.1) is 4.83 Å². The maximum Gasteiger partial charge on any atom is 0.0540 e. The fraction of sp³-hybridized carbons (Fsp3) is 0.231. The summed E-state index contributed by atoms with van der Waals surface area (Å²) in [6, 6.07) is 12.7. The molecule has 1 aromatic heterocycles. The Kier molecular flexibility index (Phi) is 4.22. The molecule has 3 heteroatoms. The van der Waals surface area contributed by atoms with Gasteiger partial charge in [0.25, 0.3) is 0 Å². The highest BCUT2D eigenvalue weighted by Crippen LogP contribution is 2.38. The van der Waals surface area contributed by atoms with Crippen LogP contribution in [0.1, 0.15) is 20.1 Å². The molecule has 0 bridgehead atoms. The van der Waals surface area contributed by atoms with Gasteiger partial charge in [-0.2, -0.15) is 0 Å². The third-order valence-electron chi connectivity index (χ3n) is 2.38. The van der Waals surface area contributed by atoms with Crippen molar-refractivity contribution in [1.29, 1.82) is 0 Å². The Hall–Kier alpha value is -0.120. The Morgan fingerprint density at radius 2 is 1.94 bits per heavy atom. The fourth-order valence-corrected chi connectivity index (χ4v) is 4.74. The average molecular weight is 360 g/mol. The van der Waals surface area contributed by atoms with E-state index in [2.05, 4.69) is 75.2 Å². The van der Waals surface area contributed by atoms with Crippen molar-refractivity contribution in [3.63, 3.8) is 0 Å². The molecule has 0 aliphatic heterocycles. The molecule has 84 valence electrons. The van der Waals surface area contributed by atoms with Gasteiger partial charge in [0.1, 0.15) is 0 Å². The van der Waals surface area contributed by atoms with Crippen LogP contribution < -0.4 is 0 Å². The van der Waals surface area contributed by atoms with Gasteiger partial charge in [-0.3, -0.25) is 0 Å². The van der Waals surface area contributed by atoms with Gasteiger partial charge < -0.3 is 0 Å². The molecule has 1 unspecified atom stereocenters. The summed E-state index contributed by atoms with van der Waals surface area (Å²) in [4.78, 5) is 3.11. The molecule has 0 saturated carbocycles. The zero-order chi connectivity index (χ0) is 11.5. The van der Waals surface area contributed by atoms with Crippen molar-refractivity contribution < 1.29 is 0 Å². The van der Waals surface area contributed by atoms with Gasteiger partial charge >= 0.3 is 0 Å². The van der Waals surface area contributed by atoms with E-state index in [9.17, 15) is 0 Å². The van der Waals surface area contributed by atoms with E-state index in [1.165, 1.54) is 19.8 Å². The Bertz CT molecular complexity index is 462. The van der Waals surface area contributed by atoms with Gasteiger partial charge in [0.15, 0.2) is 0 Å². The lowest BCUT2D eigenvalue weighted by Gasteiger charge is -2.08. The lowest BCUT2D eigenvalue weighted by Crippen LogP contribution is -1.93. The molecular weight excluding hydrogens is 348 g/mol. The van der Waals surface area contributed by atoms with Crippen molar-refractivity contribution in [3.05, 3.63) is 56.2 Å². The highest BCUT2D eigenvalue weighted by Gasteiger charge is 2.14. The van der Waals surface area contributed by atoms with E-state index < -0.39 is 0 Å². The van der Waals surface area contributed by atoms with Gasteiger partial charge in [-0.25, -0.2) is 0 Å². The van der Waals surface area contributed by atoms with Crippen molar-refractivity contribution in [3.8, 4) is 0 Å². The lowest BCUT2D eigenvalue weighted by molar-refractivity contribution is 0.965. The number of thiophene rings is 1. The van der Waals surface area contributed by atoms with Crippen LogP contribution in [0.25, 0.3) is 0 Å². The monoisotopic (exact) mass is 358 g/mol. The van der Waals surface area contributed by atoms with Gasteiger partial charge in [0, 0.05) is 14.2 Å². The molecule has 0 spiro atoms. The first-order valence-electron chi connectivity index (χ1n) is 5.10. The molecule has 0 N–H and O–H groups in total. The highest BCUT2D eigenvalue weighted by atomic mass is 79.9. The molecule has 2 aromatic rings. The maximum atomic E-state index is 3.77. The summed E-state index contributed by atoms with van der Waals surface area (Å²) in [6.07, 6.45) is 1.03. The summed E-state index contributed by atoms with van der Waals surface area (Å²) >= 11 is 9.23. The van der Waals surface area contributed by atoms with Crippen LogP contribution in [0.5, 0.6) is 0 Å². The van der Waals surface area contributed by atoms with Gasteiger partial charge in [0.2, 0.25) is 0 Å². The lowest BCUT2D eigenvalue weighted by atomic mass is 10.1. The van der Waals surface area contributed by atoms with E-state index in [0.717, 1.165) is 6.42 Å². The normalized spacial score (nSPS) is 12.7. The first kappa shape index (κ1) is 12.3. The van der Waals surface area contributed by atoms with Gasteiger partial charge in [-0.15, -0.1) is 11.3 Å². The minimum absolute atomic E-state index is 0.392. The minimum Gasteiger partial charge on any atom is -0.143 e. The molecule has 1 heterocycles. The van der Waals surface area contributed by atoms with Crippen molar-refractivity contribution >= 4 is 43.2 Å². The van der Waals surface area contributed by atoms with E-state index in [4.69, 9.17) is 0 Å². The smallest absolute Gasteiger partial charge is 0.0540 e. The Morgan fingerprint density at radius 3 is 2.50 bits per heavy atom. The quantitative estimate of drug-likeness (QED) is 0.635. The molecule has 2 rings (SSSR count). The topological polar surface area (TPSA) is 0 Å². The third-order valence-corrected chi connectivity index (χ3v) is 5.55. The van der Waals surface area contributed by atoms with Crippen molar-refractivity contribution in [2.75, 3.05) is 0 Å². The summed E-state index contributed by atoms with van der Waals surface area (Å²) in [5.74, 6) is 0. The molecule has 0 amide bonds. The van der Waals surface area contributed by atoms with E-state index in [1.54, 1.807) is 0 Å². The number of hydrogen-bond acceptors (Lipinski definition) is 1. The molecule has 16 heavy (non-hydrogen) atoms. The second-order valence-electron chi connectivity index (χ2n) is 3.73. The predicted molar refractivity (Wildman–Crippen MR) is 78.6 cm³/mol. The molecule has 0 nitrogen and oxygen atoms in total. The fourth-order valence-electron chi connectivity index (χ4n) is 1.63. The first-order valence-corrected chi connectivity index (χ1v) is 7.63. The maximum absolute atomic E-state index is 3.77. The SMILES string of the molecule is Cc1cc(Br)c(C(Br)Cc2ccccc2)s1. The number of benzene rings is 1. The number of alkyl halides is 1. The van der Waals surface area contributed by atoms with Crippen LogP contribution in [0.15, 0.2) is 40.9 Å². The van der Waals surface area contributed by atoms with E-state index in [1.807, 2.05) is 11.3 Å². The second kappa shape index (κ2) is 5.48. The summed E-state index contributed by atoms with van der Waals surface area (Å²) in [5, 5.41) is 0. The number of halogens is 2. The zero-order valence-electron chi connectivity index (χ0n) is 8.91. The molecule has 1 aromatic carbocycles. The standard InChI is InChI=1S/C13H12Br2S/c1-9-7-11(14)13(16-9)12(15)8-10-5-3-2-4-6-10/h2-7,12H,8H2,1H3. The molecule has 0 saturated heterocycles. The summed E-state index contributed by atoms with van der Waals surface area (Å²) in [5.41, 5.74) is 1.36. The van der Waals surface area contributed by atoms with Gasteiger partial charge in [-0.05, 0) is 40.9 Å². The third kappa shape index (κ3) is 2.96. The number of rotatable bonds is 3. The molecule has 0 aliphatic rings. The average Bonchev–Trinajstić information content (AvgIpc) is 2.59. The Morgan fingerprint density at radius 1 is 1.25 bits per heavy atom. The van der Waals surface area contributed by atoms with Crippen molar-refractivity contribution in [1.82, 2.24) is 0 Å². The van der Waals surface area contributed by atoms with Crippen molar-refractivity contribution in [2.45, 2.75) is 18.2 Å². The zero-order valence-corrected chi connectivity index (χ0v) is 12.9. The highest BCUT2D eigenvalue weighted by molar-refractivity contribution is 9.11. The van der Waals surface area contributed by atoms with E-state index in [0.29, 0.717) is 4.83 Å². The number of hydrogen-bond donors (Lipinski definition) is 0. The number of aryl methyl sites for hydroxylation is 1. The first-order chi connectivity index (χ1) is 7.66. The largest absolute Gasteiger partial charge is 0.143 e. The van der Waals surface area contributed by atoms with Crippen LogP contribution in [0.2, 0.25) is 0 Å². The summed E-state index contributed by atoms with van der Waals surface area (Å²) in [6.45, 7) is 2.14. The van der Waals surface area contributed by atoms with Crippen LogP contribution in [-0.2, 0) is 6.42 Å². The van der Waals surface area contributed by atoms with Crippen LogP contribution >= 0.6 is 43.2 Å². The van der Waals surface area contributed by atoms with E-state index in [-0.39, 0.29) is 0 Å². The minimum atomic E-state index is 0.392. The molecule has 1 atom stereocenters. The van der Waals surface area contributed by atoms with Crippen LogP contribution in [0.4, 0.5) is 0 Å². The van der Waals surface area contributed by atoms with Crippen molar-refractivity contribution in [2.24, 2.45) is 0 Å². The van der Waals surface area contributed by atoms with Crippen LogP contribution in [-0.4, -0.2) is 0 Å². The van der Waals surface area contributed by atoms with E-state index >= 15 is 0 Å². The van der Waals surface area contributed by atoms with Gasteiger partial charge in [-0.1, -0.05) is 46.3 Å². The second-order valence-corrected chi connectivity index (χ2v) is 6.97. The Labute approximate surface area is 117 Å². The summed E-state index contributed by atoms with van der Waals surface area (Å²) < 4.78 is 1.22. The summed E-state index contributed by atoms with van der Waals surface area (Å²) in [7, 11) is 0.